The Labute approximate surface area is 112 Å². The van der Waals surface area contributed by atoms with Gasteiger partial charge < -0.3 is 14.4 Å². The number of aryl methyl sites for hydroxylation is 1. The number of nitrogens with zero attached hydrogens (tertiary/aromatic N) is 1. The number of furan rings is 1. The summed E-state index contributed by atoms with van der Waals surface area (Å²) in [7, 11) is 0. The third-order valence-electron chi connectivity index (χ3n) is 3.80. The second kappa shape index (κ2) is 5.07. The van der Waals surface area contributed by atoms with Gasteiger partial charge in [0, 0.05) is 13.1 Å². The lowest BCUT2D eigenvalue weighted by molar-refractivity contribution is -0.148. The molecule has 1 aromatic heterocycles. The number of carboxylic acid groups (broad SMARTS) is 1. The fraction of sp³-hybridized carbons (Fsp3) is 0.571. The van der Waals surface area contributed by atoms with Crippen LogP contribution < -0.4 is 0 Å². The van der Waals surface area contributed by atoms with Crippen LogP contribution in [0.3, 0.4) is 0 Å². The van der Waals surface area contributed by atoms with Crippen LogP contribution in [0.4, 0.5) is 0 Å². The maximum absolute atomic E-state index is 12.2. The molecule has 0 aliphatic carbocycles. The topological polar surface area (TPSA) is 70.8 Å². The summed E-state index contributed by atoms with van der Waals surface area (Å²) in [5.41, 5.74) is -0.279. The van der Waals surface area contributed by atoms with Gasteiger partial charge in [0.2, 0.25) is 0 Å². The van der Waals surface area contributed by atoms with Gasteiger partial charge in [-0.3, -0.25) is 9.59 Å². The zero-order valence-corrected chi connectivity index (χ0v) is 11.3. The highest BCUT2D eigenvalue weighted by atomic mass is 16.4. The monoisotopic (exact) mass is 265 g/mol. The average Bonchev–Trinajstić information content (AvgIpc) is 2.96. The molecule has 5 heteroatoms. The highest BCUT2D eigenvalue weighted by Gasteiger charge is 2.45. The molecule has 0 saturated carbocycles. The van der Waals surface area contributed by atoms with E-state index in [1.807, 2.05) is 6.92 Å². The molecular weight excluding hydrogens is 246 g/mol. The fourth-order valence-electron chi connectivity index (χ4n) is 2.75. The quantitative estimate of drug-likeness (QED) is 0.906. The van der Waals surface area contributed by atoms with E-state index in [2.05, 4.69) is 0 Å². The Hall–Kier alpha value is -1.78. The molecule has 0 spiro atoms. The third kappa shape index (κ3) is 2.50. The first-order valence-electron chi connectivity index (χ1n) is 6.56. The molecule has 1 unspecified atom stereocenters. The Morgan fingerprint density at radius 1 is 1.53 bits per heavy atom. The molecule has 2 heterocycles. The van der Waals surface area contributed by atoms with Crippen LogP contribution in [0.1, 0.15) is 42.3 Å². The van der Waals surface area contributed by atoms with Crippen molar-refractivity contribution in [2.45, 2.75) is 33.1 Å². The molecule has 0 radical (unpaired) electrons. The zero-order chi connectivity index (χ0) is 14.0. The fourth-order valence-corrected chi connectivity index (χ4v) is 2.75. The van der Waals surface area contributed by atoms with Crippen molar-refractivity contribution in [1.82, 2.24) is 4.90 Å². The van der Waals surface area contributed by atoms with Gasteiger partial charge in [-0.1, -0.05) is 13.3 Å². The van der Waals surface area contributed by atoms with Gasteiger partial charge in [-0.2, -0.15) is 0 Å². The first-order valence-corrected chi connectivity index (χ1v) is 6.56. The van der Waals surface area contributed by atoms with Crippen molar-refractivity contribution >= 4 is 11.9 Å². The van der Waals surface area contributed by atoms with Gasteiger partial charge in [0.1, 0.15) is 12.0 Å². The molecule has 1 aromatic rings. The largest absolute Gasteiger partial charge is 0.481 e. The first-order chi connectivity index (χ1) is 8.98. The summed E-state index contributed by atoms with van der Waals surface area (Å²) in [4.78, 5) is 25.3. The molecule has 2 rings (SSSR count). The van der Waals surface area contributed by atoms with Crippen LogP contribution in [0.5, 0.6) is 0 Å². The second-order valence-electron chi connectivity index (χ2n) is 5.26. The first kappa shape index (κ1) is 13.6. The minimum absolute atomic E-state index is 0.143. The number of hydrogen-bond acceptors (Lipinski definition) is 3. The molecule has 1 saturated heterocycles. The standard InChI is InChI=1S/C14H19NO4/c1-3-4-14(13(17)18)5-6-15(9-14)12(16)11-7-10(2)19-8-11/h7-8H,3-6,9H2,1-2H3,(H,17,18). The smallest absolute Gasteiger partial charge is 0.311 e. The van der Waals surface area contributed by atoms with Crippen LogP contribution in [-0.2, 0) is 4.79 Å². The summed E-state index contributed by atoms with van der Waals surface area (Å²) in [5.74, 6) is -0.260. The van der Waals surface area contributed by atoms with Crippen molar-refractivity contribution in [2.24, 2.45) is 5.41 Å². The maximum atomic E-state index is 12.2. The van der Waals surface area contributed by atoms with Gasteiger partial charge in [-0.05, 0) is 25.8 Å². The predicted octanol–water partition coefficient (Wildman–Crippen LogP) is 2.31. The van der Waals surface area contributed by atoms with Gasteiger partial charge in [0.25, 0.3) is 5.91 Å². The van der Waals surface area contributed by atoms with E-state index in [0.29, 0.717) is 37.3 Å². The SMILES string of the molecule is CCCC1(C(=O)O)CCN(C(=O)c2coc(C)c2)C1. The summed E-state index contributed by atoms with van der Waals surface area (Å²) in [6, 6.07) is 1.68. The van der Waals surface area contributed by atoms with Crippen LogP contribution in [0, 0.1) is 12.3 Å². The Morgan fingerprint density at radius 3 is 2.79 bits per heavy atom. The number of carboxylic acids is 1. The van der Waals surface area contributed by atoms with Crippen molar-refractivity contribution < 1.29 is 19.1 Å². The molecule has 5 nitrogen and oxygen atoms in total. The van der Waals surface area contributed by atoms with E-state index in [-0.39, 0.29) is 5.91 Å². The highest BCUT2D eigenvalue weighted by Crippen LogP contribution is 2.36. The second-order valence-corrected chi connectivity index (χ2v) is 5.26. The zero-order valence-electron chi connectivity index (χ0n) is 11.3. The predicted molar refractivity (Wildman–Crippen MR) is 68.9 cm³/mol. The molecule has 1 aliphatic rings. The number of amides is 1. The molecule has 1 amide bonds. The molecule has 1 N–H and O–H groups in total. The van der Waals surface area contributed by atoms with Crippen LogP contribution in [0.15, 0.2) is 16.7 Å². The van der Waals surface area contributed by atoms with E-state index >= 15 is 0 Å². The van der Waals surface area contributed by atoms with E-state index in [0.717, 1.165) is 6.42 Å². The van der Waals surface area contributed by atoms with Crippen molar-refractivity contribution in [3.8, 4) is 0 Å². The number of rotatable bonds is 4. The average molecular weight is 265 g/mol. The third-order valence-corrected chi connectivity index (χ3v) is 3.80. The maximum Gasteiger partial charge on any atom is 0.311 e. The van der Waals surface area contributed by atoms with Crippen LogP contribution in [0.25, 0.3) is 0 Å². The number of hydrogen-bond donors (Lipinski definition) is 1. The normalized spacial score (nSPS) is 22.7. The number of carbonyl (C=O) groups is 2. The van der Waals surface area contributed by atoms with Crippen molar-refractivity contribution in [1.29, 1.82) is 0 Å². The molecule has 1 atom stereocenters. The molecule has 1 fully saturated rings. The summed E-state index contributed by atoms with van der Waals surface area (Å²) in [5, 5.41) is 9.41. The van der Waals surface area contributed by atoms with Gasteiger partial charge in [-0.25, -0.2) is 0 Å². The summed E-state index contributed by atoms with van der Waals surface area (Å²) >= 11 is 0. The van der Waals surface area contributed by atoms with Crippen LogP contribution in [0.2, 0.25) is 0 Å². The van der Waals surface area contributed by atoms with Gasteiger partial charge in [-0.15, -0.1) is 0 Å². The highest BCUT2D eigenvalue weighted by molar-refractivity contribution is 5.94. The summed E-state index contributed by atoms with van der Waals surface area (Å²) in [6.07, 6.45) is 3.37. The molecule has 1 aliphatic heterocycles. The van der Waals surface area contributed by atoms with Crippen molar-refractivity contribution in [3.05, 3.63) is 23.7 Å². The van der Waals surface area contributed by atoms with Gasteiger partial charge in [0.15, 0.2) is 0 Å². The molecule has 0 bridgehead atoms. The lowest BCUT2D eigenvalue weighted by atomic mass is 9.83. The lowest BCUT2D eigenvalue weighted by Gasteiger charge is -2.23. The van der Waals surface area contributed by atoms with Gasteiger partial charge >= 0.3 is 5.97 Å². The minimum atomic E-state index is -0.798. The van der Waals surface area contributed by atoms with Crippen molar-refractivity contribution in [3.63, 3.8) is 0 Å². The molecule has 0 aromatic carbocycles. The Bertz CT molecular complexity index is 493. The van der Waals surface area contributed by atoms with E-state index in [1.54, 1.807) is 17.9 Å². The number of aliphatic carboxylic acids is 1. The minimum Gasteiger partial charge on any atom is -0.481 e. The lowest BCUT2D eigenvalue weighted by Crippen LogP contribution is -2.36. The summed E-state index contributed by atoms with van der Waals surface area (Å²) < 4.78 is 5.13. The van der Waals surface area contributed by atoms with Crippen molar-refractivity contribution in [2.75, 3.05) is 13.1 Å². The van der Waals surface area contributed by atoms with E-state index < -0.39 is 11.4 Å². The van der Waals surface area contributed by atoms with E-state index in [9.17, 15) is 14.7 Å². The number of likely N-dealkylation sites (tertiary alicyclic amines) is 1. The van der Waals surface area contributed by atoms with Gasteiger partial charge in [0.05, 0.1) is 11.0 Å². The Balaban J connectivity index is 2.13. The van der Waals surface area contributed by atoms with Crippen LogP contribution in [-0.4, -0.2) is 35.0 Å². The molecular formula is C14H19NO4. The van der Waals surface area contributed by atoms with Crippen LogP contribution >= 0.6 is 0 Å². The Kier molecular flexibility index (Phi) is 3.64. The van der Waals surface area contributed by atoms with E-state index in [4.69, 9.17) is 4.42 Å². The summed E-state index contributed by atoms with van der Waals surface area (Å²) in [6.45, 7) is 4.53. The van der Waals surface area contributed by atoms with E-state index in [1.165, 1.54) is 6.26 Å². The Morgan fingerprint density at radius 2 is 2.26 bits per heavy atom. The number of carbonyl (C=O) groups excluding carboxylic acids is 1. The molecule has 104 valence electrons. The molecule has 19 heavy (non-hydrogen) atoms.